The molecule has 1 aromatic carbocycles. The number of ether oxygens (including phenoxy) is 2. The van der Waals surface area contributed by atoms with E-state index < -0.39 is 0 Å². The van der Waals surface area contributed by atoms with Crippen molar-refractivity contribution in [3.63, 3.8) is 0 Å². The molecular weight excluding hydrogens is 426 g/mol. The molecule has 4 rings (SSSR count). The van der Waals surface area contributed by atoms with Gasteiger partial charge in [0.25, 0.3) is 0 Å². The molecule has 150 valence electrons. The zero-order valence-corrected chi connectivity index (χ0v) is 18.3. The minimum Gasteiger partial charge on any atom is -0.493 e. The largest absolute Gasteiger partial charge is 0.493 e. The van der Waals surface area contributed by atoms with E-state index in [0.29, 0.717) is 29.1 Å². The number of hydrogen-bond acceptors (Lipinski definition) is 9. The second-order valence-corrected chi connectivity index (χ2v) is 8.63. The number of rotatable bonds is 8. The van der Waals surface area contributed by atoms with E-state index in [2.05, 4.69) is 10.2 Å². The third kappa shape index (κ3) is 4.24. The van der Waals surface area contributed by atoms with Gasteiger partial charge < -0.3 is 15.3 Å². The average Bonchev–Trinajstić information content (AvgIpc) is 3.48. The number of nitrogen functional groups attached to an aromatic ring is 1. The highest BCUT2D eigenvalue weighted by atomic mass is 32.2. The Hall–Kier alpha value is -2.56. The summed E-state index contributed by atoms with van der Waals surface area (Å²) in [5, 5.41) is 14.0. The van der Waals surface area contributed by atoms with Crippen molar-refractivity contribution < 1.29 is 9.47 Å². The van der Waals surface area contributed by atoms with Gasteiger partial charge >= 0.3 is 0 Å². The second-order valence-electron chi connectivity index (χ2n) is 5.88. The van der Waals surface area contributed by atoms with Gasteiger partial charge in [-0.25, -0.2) is 9.66 Å². The Balaban J connectivity index is 1.46. The van der Waals surface area contributed by atoms with Crippen molar-refractivity contribution in [1.29, 1.82) is 0 Å². The highest BCUT2D eigenvalue weighted by Gasteiger charge is 2.14. The zero-order chi connectivity index (χ0) is 20.2. The van der Waals surface area contributed by atoms with Gasteiger partial charge in [-0.05, 0) is 36.6 Å². The van der Waals surface area contributed by atoms with E-state index in [0.717, 1.165) is 26.9 Å². The fourth-order valence-electron chi connectivity index (χ4n) is 2.67. The smallest absolute Gasteiger partial charge is 0.210 e. The fourth-order valence-corrected chi connectivity index (χ4v) is 5.05. The summed E-state index contributed by atoms with van der Waals surface area (Å²) < 4.78 is 12.5. The monoisotopic (exact) mass is 445 g/mol. The molecule has 0 saturated carbocycles. The highest BCUT2D eigenvalue weighted by Crippen LogP contribution is 2.34. The van der Waals surface area contributed by atoms with Crippen LogP contribution in [0.1, 0.15) is 12.6 Å². The van der Waals surface area contributed by atoms with Gasteiger partial charge in [-0.3, -0.25) is 0 Å². The van der Waals surface area contributed by atoms with E-state index in [1.54, 1.807) is 29.8 Å². The molecule has 0 radical (unpaired) electrons. The lowest BCUT2D eigenvalue weighted by Crippen LogP contribution is -2.11. The van der Waals surface area contributed by atoms with Crippen LogP contribution in [0.15, 0.2) is 46.2 Å². The van der Waals surface area contributed by atoms with Crippen LogP contribution in [0.2, 0.25) is 0 Å². The first-order chi connectivity index (χ1) is 14.2. The summed E-state index contributed by atoms with van der Waals surface area (Å²) in [6.07, 6.45) is 0. The number of thioether (sulfide) groups is 1. The van der Waals surface area contributed by atoms with Crippen molar-refractivity contribution in [1.82, 2.24) is 19.9 Å². The molecule has 3 heterocycles. The molecule has 10 heteroatoms. The van der Waals surface area contributed by atoms with Crippen LogP contribution in [0.5, 0.6) is 11.5 Å². The summed E-state index contributed by atoms with van der Waals surface area (Å²) in [5.41, 5.74) is 1.96. The summed E-state index contributed by atoms with van der Waals surface area (Å²) in [7, 11) is 1.64. The van der Waals surface area contributed by atoms with Crippen molar-refractivity contribution in [3.8, 4) is 32.8 Å². The molecule has 3 aromatic heterocycles. The molecule has 0 aliphatic rings. The first-order valence-corrected chi connectivity index (χ1v) is 11.6. The predicted molar refractivity (Wildman–Crippen MR) is 118 cm³/mol. The standard InChI is InChI=1S/C19H19N5O2S3/c1-3-26-14-7-6-12(9-15(14)25-2)18-21-13(10-28-18)11-29-19-23-22-17(24(19)20)16-5-4-8-27-16/h4-10H,3,11,20H2,1-2H3. The average molecular weight is 446 g/mol. The summed E-state index contributed by atoms with van der Waals surface area (Å²) in [5.74, 6) is 8.92. The quantitative estimate of drug-likeness (QED) is 0.314. The molecular formula is C19H19N5O2S3. The number of thiazole rings is 1. The molecule has 2 N–H and O–H groups in total. The number of nitrogens with two attached hydrogens (primary N) is 1. The topological polar surface area (TPSA) is 88.1 Å². The van der Waals surface area contributed by atoms with E-state index in [1.165, 1.54) is 16.4 Å². The molecule has 0 atom stereocenters. The Morgan fingerprint density at radius 2 is 2.07 bits per heavy atom. The minimum absolute atomic E-state index is 0.592. The lowest BCUT2D eigenvalue weighted by Gasteiger charge is -2.09. The van der Waals surface area contributed by atoms with Gasteiger partial charge in [-0.2, -0.15) is 0 Å². The summed E-state index contributed by atoms with van der Waals surface area (Å²) >= 11 is 4.69. The molecule has 0 bridgehead atoms. The van der Waals surface area contributed by atoms with Gasteiger partial charge in [0.1, 0.15) is 5.01 Å². The van der Waals surface area contributed by atoms with Gasteiger partial charge in [0.2, 0.25) is 5.16 Å². The van der Waals surface area contributed by atoms with E-state index in [1.807, 2.05) is 48.0 Å². The van der Waals surface area contributed by atoms with Crippen LogP contribution in [0.4, 0.5) is 0 Å². The normalized spacial score (nSPS) is 11.0. The van der Waals surface area contributed by atoms with Crippen LogP contribution in [0.3, 0.4) is 0 Å². The summed E-state index contributed by atoms with van der Waals surface area (Å²) in [6.45, 7) is 2.54. The maximum atomic E-state index is 6.16. The maximum absolute atomic E-state index is 6.16. The Kier molecular flexibility index (Phi) is 6.02. The van der Waals surface area contributed by atoms with Gasteiger partial charge in [-0.15, -0.1) is 32.9 Å². The van der Waals surface area contributed by atoms with Crippen LogP contribution >= 0.6 is 34.4 Å². The molecule has 7 nitrogen and oxygen atoms in total. The third-order valence-electron chi connectivity index (χ3n) is 4.02. The maximum Gasteiger partial charge on any atom is 0.210 e. The molecule has 0 fully saturated rings. The van der Waals surface area contributed by atoms with Crippen molar-refractivity contribution in [2.75, 3.05) is 19.6 Å². The first-order valence-electron chi connectivity index (χ1n) is 8.82. The van der Waals surface area contributed by atoms with Gasteiger partial charge in [0, 0.05) is 16.7 Å². The van der Waals surface area contributed by atoms with Crippen molar-refractivity contribution in [2.24, 2.45) is 0 Å². The van der Waals surface area contributed by atoms with Gasteiger partial charge in [-0.1, -0.05) is 17.8 Å². The molecule has 29 heavy (non-hydrogen) atoms. The number of methoxy groups -OCH3 is 1. The molecule has 0 spiro atoms. The van der Waals surface area contributed by atoms with Crippen molar-refractivity contribution in [2.45, 2.75) is 17.8 Å². The minimum atomic E-state index is 0.592. The van der Waals surface area contributed by atoms with Crippen LogP contribution in [-0.4, -0.2) is 33.6 Å². The lowest BCUT2D eigenvalue weighted by molar-refractivity contribution is 0.311. The SMILES string of the molecule is CCOc1ccc(-c2nc(CSc3nnc(-c4cccs4)n3N)cs2)cc1OC. The Bertz CT molecular complexity index is 1090. The van der Waals surface area contributed by atoms with Gasteiger partial charge in [0.05, 0.1) is 24.3 Å². The number of nitrogens with zero attached hydrogens (tertiary/aromatic N) is 4. The van der Waals surface area contributed by atoms with E-state index in [9.17, 15) is 0 Å². The lowest BCUT2D eigenvalue weighted by atomic mass is 10.2. The zero-order valence-electron chi connectivity index (χ0n) is 15.9. The molecule has 0 saturated heterocycles. The number of hydrogen-bond donors (Lipinski definition) is 1. The molecule has 0 unspecified atom stereocenters. The van der Waals surface area contributed by atoms with Crippen LogP contribution in [-0.2, 0) is 5.75 Å². The Labute approximate surface area is 180 Å². The van der Waals surface area contributed by atoms with Gasteiger partial charge in [0.15, 0.2) is 17.3 Å². The highest BCUT2D eigenvalue weighted by molar-refractivity contribution is 7.98. The molecule has 0 aliphatic carbocycles. The second kappa shape index (κ2) is 8.85. The Morgan fingerprint density at radius 3 is 2.83 bits per heavy atom. The van der Waals surface area contributed by atoms with E-state index in [4.69, 9.17) is 20.3 Å². The predicted octanol–water partition coefficient (Wildman–Crippen LogP) is 4.54. The molecule has 0 amide bonds. The fraction of sp³-hybridized carbons (Fsp3) is 0.211. The third-order valence-corrected chi connectivity index (χ3v) is 6.80. The number of benzene rings is 1. The molecule has 4 aromatic rings. The van der Waals surface area contributed by atoms with E-state index >= 15 is 0 Å². The summed E-state index contributed by atoms with van der Waals surface area (Å²) in [4.78, 5) is 5.73. The molecule has 0 aliphatic heterocycles. The Morgan fingerprint density at radius 1 is 1.17 bits per heavy atom. The number of thiophene rings is 1. The van der Waals surface area contributed by atoms with Crippen molar-refractivity contribution in [3.05, 3.63) is 46.8 Å². The number of aromatic nitrogens is 4. The van der Waals surface area contributed by atoms with Crippen LogP contribution in [0.25, 0.3) is 21.3 Å². The van der Waals surface area contributed by atoms with Crippen LogP contribution in [0, 0.1) is 0 Å². The van der Waals surface area contributed by atoms with E-state index in [-0.39, 0.29) is 0 Å². The van der Waals surface area contributed by atoms with Crippen molar-refractivity contribution >= 4 is 34.4 Å². The van der Waals surface area contributed by atoms with Crippen LogP contribution < -0.4 is 15.3 Å². The summed E-state index contributed by atoms with van der Waals surface area (Å²) in [6, 6.07) is 9.80. The first kappa shape index (κ1) is 19.7.